The average molecular weight is 367 g/mol. The maximum Gasteiger partial charge on any atom is 0.416 e. The number of halogens is 3. The smallest absolute Gasteiger partial charge is 0.320 e. The Bertz CT molecular complexity index is 653. The number of carbonyl (C=O) groups excluding carboxylic acids is 1. The van der Waals surface area contributed by atoms with E-state index in [0.29, 0.717) is 18.6 Å². The first-order valence-electron chi connectivity index (χ1n) is 9.37. The Balaban J connectivity index is 1.29. The van der Waals surface area contributed by atoms with Crippen LogP contribution >= 0.6 is 0 Å². The lowest BCUT2D eigenvalue weighted by atomic mass is 10.0. The van der Waals surface area contributed by atoms with Crippen molar-refractivity contribution in [2.75, 3.05) is 26.2 Å². The third kappa shape index (κ3) is 3.41. The monoisotopic (exact) mass is 367 g/mol. The molecule has 4 nitrogen and oxygen atoms in total. The highest BCUT2D eigenvalue weighted by atomic mass is 19.4. The van der Waals surface area contributed by atoms with E-state index in [9.17, 15) is 18.0 Å². The maximum absolute atomic E-state index is 12.6. The predicted molar refractivity (Wildman–Crippen MR) is 91.6 cm³/mol. The fraction of sp³-hybridized carbons (Fsp3) is 0.632. The number of fused-ring (bicyclic) bond motifs is 1. The largest absolute Gasteiger partial charge is 0.416 e. The van der Waals surface area contributed by atoms with Crippen molar-refractivity contribution in [1.82, 2.24) is 14.7 Å². The quantitative estimate of drug-likeness (QED) is 0.817. The number of likely N-dealkylation sites (tertiary alicyclic amines) is 1. The summed E-state index contributed by atoms with van der Waals surface area (Å²) >= 11 is 0. The average Bonchev–Trinajstić information content (AvgIpc) is 3.19. The molecule has 0 radical (unpaired) electrons. The van der Waals surface area contributed by atoms with Gasteiger partial charge in [-0.15, -0.1) is 0 Å². The first kappa shape index (κ1) is 17.6. The van der Waals surface area contributed by atoms with Gasteiger partial charge in [0.1, 0.15) is 0 Å². The van der Waals surface area contributed by atoms with Gasteiger partial charge in [-0.05, 0) is 43.4 Å². The van der Waals surface area contributed by atoms with Crippen LogP contribution in [0.1, 0.15) is 36.8 Å². The van der Waals surface area contributed by atoms with Crippen LogP contribution in [0, 0.1) is 0 Å². The van der Waals surface area contributed by atoms with Crippen molar-refractivity contribution in [3.8, 4) is 0 Å². The SMILES string of the molecule is O=C1N2CCCC2CN1C1CCN(Cc2ccc(C(F)(F)F)cc2)CC1. The molecule has 1 atom stereocenters. The highest BCUT2D eigenvalue weighted by molar-refractivity contribution is 5.78. The molecule has 0 bridgehead atoms. The van der Waals surface area contributed by atoms with Gasteiger partial charge in [0.2, 0.25) is 0 Å². The molecule has 0 aromatic heterocycles. The molecule has 142 valence electrons. The van der Waals surface area contributed by atoms with Crippen LogP contribution in [-0.4, -0.2) is 59.0 Å². The molecular weight excluding hydrogens is 343 g/mol. The van der Waals surface area contributed by atoms with Crippen molar-refractivity contribution in [2.24, 2.45) is 0 Å². The third-order valence-corrected chi connectivity index (χ3v) is 5.96. The molecular formula is C19H24F3N3O. The minimum atomic E-state index is -4.28. The van der Waals surface area contributed by atoms with Crippen LogP contribution < -0.4 is 0 Å². The summed E-state index contributed by atoms with van der Waals surface area (Å²) in [6.07, 6.45) is -0.168. The summed E-state index contributed by atoms with van der Waals surface area (Å²) in [5.74, 6) is 0. The molecule has 7 heteroatoms. The van der Waals surface area contributed by atoms with Crippen LogP contribution in [0.3, 0.4) is 0 Å². The van der Waals surface area contributed by atoms with Crippen LogP contribution in [0.2, 0.25) is 0 Å². The molecule has 0 saturated carbocycles. The number of amides is 2. The third-order valence-electron chi connectivity index (χ3n) is 5.96. The number of carbonyl (C=O) groups is 1. The van der Waals surface area contributed by atoms with Gasteiger partial charge in [-0.2, -0.15) is 13.2 Å². The number of alkyl halides is 3. The number of hydrogen-bond donors (Lipinski definition) is 0. The molecule has 26 heavy (non-hydrogen) atoms. The number of piperidine rings is 1. The Morgan fingerprint density at radius 3 is 2.23 bits per heavy atom. The molecule has 0 spiro atoms. The van der Waals surface area contributed by atoms with E-state index in [4.69, 9.17) is 0 Å². The minimum absolute atomic E-state index is 0.202. The zero-order valence-electron chi connectivity index (χ0n) is 14.7. The van der Waals surface area contributed by atoms with E-state index < -0.39 is 11.7 Å². The van der Waals surface area contributed by atoms with Crippen molar-refractivity contribution in [3.63, 3.8) is 0 Å². The van der Waals surface area contributed by atoms with E-state index in [0.717, 1.165) is 69.6 Å². The number of urea groups is 1. The Hall–Kier alpha value is -1.76. The second kappa shape index (κ2) is 6.76. The van der Waals surface area contributed by atoms with Crippen LogP contribution in [0.15, 0.2) is 24.3 Å². The molecule has 1 aromatic rings. The van der Waals surface area contributed by atoms with E-state index in [1.165, 1.54) is 0 Å². The summed E-state index contributed by atoms with van der Waals surface area (Å²) in [5, 5.41) is 0. The van der Waals surface area contributed by atoms with E-state index in [1.807, 2.05) is 4.90 Å². The Morgan fingerprint density at radius 2 is 1.62 bits per heavy atom. The highest BCUT2D eigenvalue weighted by Crippen LogP contribution is 2.31. The molecule has 0 N–H and O–H groups in total. The predicted octanol–water partition coefficient (Wildman–Crippen LogP) is 3.57. The lowest BCUT2D eigenvalue weighted by Crippen LogP contribution is -2.46. The standard InChI is InChI=1S/C19H24F3N3O/c20-19(21,22)15-5-3-14(4-6-15)12-23-10-7-16(8-11-23)25-13-17-2-1-9-24(17)18(25)26/h3-6,16-17H,1-2,7-13H2. The van der Waals surface area contributed by atoms with Crippen molar-refractivity contribution in [1.29, 1.82) is 0 Å². The molecule has 1 aromatic carbocycles. The molecule has 0 aliphatic carbocycles. The van der Waals surface area contributed by atoms with Gasteiger partial charge in [-0.25, -0.2) is 4.79 Å². The second-order valence-electron chi connectivity index (χ2n) is 7.63. The normalized spacial score (nSPS) is 25.2. The van der Waals surface area contributed by atoms with Gasteiger partial charge in [0.05, 0.1) is 11.6 Å². The van der Waals surface area contributed by atoms with Crippen LogP contribution in [-0.2, 0) is 12.7 Å². The van der Waals surface area contributed by atoms with Crippen LogP contribution in [0.4, 0.5) is 18.0 Å². The summed E-state index contributed by atoms with van der Waals surface area (Å²) in [5.41, 5.74) is 0.294. The number of nitrogens with zero attached hydrogens (tertiary/aromatic N) is 3. The van der Waals surface area contributed by atoms with Gasteiger partial charge in [-0.1, -0.05) is 12.1 Å². The topological polar surface area (TPSA) is 26.8 Å². The summed E-state index contributed by atoms with van der Waals surface area (Å²) in [6.45, 7) is 4.17. The van der Waals surface area contributed by atoms with Crippen molar-refractivity contribution in [2.45, 2.75) is 50.5 Å². The summed E-state index contributed by atoms with van der Waals surface area (Å²) in [7, 11) is 0. The molecule has 3 aliphatic rings. The van der Waals surface area contributed by atoms with Gasteiger partial charge >= 0.3 is 12.2 Å². The number of benzene rings is 1. The molecule has 3 saturated heterocycles. The van der Waals surface area contributed by atoms with Crippen molar-refractivity contribution >= 4 is 6.03 Å². The lowest BCUT2D eigenvalue weighted by molar-refractivity contribution is -0.137. The molecule has 3 fully saturated rings. The molecule has 2 amide bonds. The first-order valence-corrected chi connectivity index (χ1v) is 9.37. The summed E-state index contributed by atoms with van der Waals surface area (Å²) in [4.78, 5) is 18.9. The minimum Gasteiger partial charge on any atom is -0.320 e. The van der Waals surface area contributed by atoms with E-state index in [-0.39, 0.29) is 6.03 Å². The van der Waals surface area contributed by atoms with Gasteiger partial charge < -0.3 is 9.80 Å². The second-order valence-corrected chi connectivity index (χ2v) is 7.63. The van der Waals surface area contributed by atoms with E-state index in [2.05, 4.69) is 9.80 Å². The van der Waals surface area contributed by atoms with Gasteiger partial charge in [0, 0.05) is 38.8 Å². The van der Waals surface area contributed by atoms with Gasteiger partial charge in [-0.3, -0.25) is 4.90 Å². The Morgan fingerprint density at radius 1 is 0.923 bits per heavy atom. The van der Waals surface area contributed by atoms with E-state index >= 15 is 0 Å². The fourth-order valence-electron chi connectivity index (χ4n) is 4.50. The lowest BCUT2D eigenvalue weighted by Gasteiger charge is -2.36. The van der Waals surface area contributed by atoms with Crippen molar-refractivity contribution < 1.29 is 18.0 Å². The van der Waals surface area contributed by atoms with Crippen LogP contribution in [0.5, 0.6) is 0 Å². The van der Waals surface area contributed by atoms with Gasteiger partial charge in [0.15, 0.2) is 0 Å². The molecule has 3 aliphatic heterocycles. The maximum atomic E-state index is 12.6. The number of hydrogen-bond acceptors (Lipinski definition) is 2. The fourth-order valence-corrected chi connectivity index (χ4v) is 4.50. The van der Waals surface area contributed by atoms with Gasteiger partial charge in [0.25, 0.3) is 0 Å². The Kier molecular flexibility index (Phi) is 4.59. The number of rotatable bonds is 3. The zero-order valence-corrected chi connectivity index (χ0v) is 14.7. The molecule has 3 heterocycles. The van der Waals surface area contributed by atoms with Crippen molar-refractivity contribution in [3.05, 3.63) is 35.4 Å². The molecule has 4 rings (SSSR count). The van der Waals surface area contributed by atoms with E-state index in [1.54, 1.807) is 12.1 Å². The van der Waals surface area contributed by atoms with Crippen LogP contribution in [0.25, 0.3) is 0 Å². The first-order chi connectivity index (χ1) is 12.4. The summed E-state index contributed by atoms with van der Waals surface area (Å²) in [6, 6.07) is 6.34. The highest BCUT2D eigenvalue weighted by Gasteiger charge is 2.43. The molecule has 1 unspecified atom stereocenters. The summed E-state index contributed by atoms with van der Waals surface area (Å²) < 4.78 is 37.9. The zero-order chi connectivity index (χ0) is 18.3. The Labute approximate surface area is 151 Å².